The lowest BCUT2D eigenvalue weighted by atomic mass is 11.9. The van der Waals surface area contributed by atoms with Gasteiger partial charge in [0.1, 0.15) is 0 Å². The highest BCUT2D eigenvalue weighted by atomic mass is 36.0. The van der Waals surface area contributed by atoms with Crippen LogP contribution in [0.15, 0.2) is 0 Å². The van der Waals surface area contributed by atoms with Crippen molar-refractivity contribution in [2.45, 2.75) is 229 Å². The third kappa shape index (κ3) is 6650. The van der Waals surface area contributed by atoms with E-state index in [0.29, 0.717) is 0 Å². The molecule has 0 amide bonds. The molecule has 0 spiro atoms. The molecule has 0 bridgehead atoms. The highest BCUT2D eigenvalue weighted by Crippen LogP contribution is 2.23. The highest BCUT2D eigenvalue weighted by molar-refractivity contribution is 7.81. The standard InChI is InChI=1S/CH3Cl3Si.CH3Cl.30CH4.2Cl4Si.Cl3HSi.ClH.O2Si.H4Si.2H2/c1-5(2,3)4;1-2;;;;;;;;;;;;;;;;;;;;;;;;;;;;;;;2*1-5(2,3)4;1-4(2)3;;1-3-2;;;/h1H3;1H3;30*1H4;;;4H;1H;;1H4;2*1H. The molecule has 0 atom stereocenters. The van der Waals surface area contributed by atoms with Crippen molar-refractivity contribution in [3.8, 4) is 0 Å². The van der Waals surface area contributed by atoms with E-state index in [4.69, 9.17) is 164 Å². The summed E-state index contributed by atoms with van der Waals surface area (Å²) in [6, 6.07) is -2.19. The maximum Gasteiger partial charge on any atom is 0.549 e. The van der Waals surface area contributed by atoms with Crippen molar-refractivity contribution in [1.82, 2.24) is 0 Å². The van der Waals surface area contributed by atoms with Crippen LogP contribution < -0.4 is 0 Å². The highest BCUT2D eigenvalue weighted by Gasteiger charge is 2.19. The quantitative estimate of drug-likeness (QED) is 0.138. The summed E-state index contributed by atoms with van der Waals surface area (Å²) in [5.74, 6) is 0. The first-order valence-electron chi connectivity index (χ1n) is 4.02. The average Bonchev–Trinajstić information content (AvgIpc) is 2.11. The van der Waals surface area contributed by atoms with Gasteiger partial charge in [-0.15, -0.1) is 179 Å². The van der Waals surface area contributed by atoms with Crippen LogP contribution in [0.5, 0.6) is 0 Å². The lowest BCUT2D eigenvalue weighted by Crippen LogP contribution is -1.97. The van der Waals surface area contributed by atoms with E-state index in [-0.39, 0.29) is 249 Å². The summed E-state index contributed by atoms with van der Waals surface area (Å²) in [7, 11) is -1.42. The van der Waals surface area contributed by atoms with Gasteiger partial charge in [-0.05, 0) is 17.5 Å². The van der Waals surface area contributed by atoms with Crippen molar-refractivity contribution < 1.29 is 11.8 Å². The van der Waals surface area contributed by atoms with Gasteiger partial charge < -0.3 is 0 Å². The Balaban J connectivity index is -0.00000000159. The Morgan fingerprint density at radius 3 is 0.339 bits per heavy atom. The van der Waals surface area contributed by atoms with Crippen LogP contribution in [-0.2, 0) is 8.92 Å². The second kappa shape index (κ2) is 283. The molecule has 0 radical (unpaired) electrons. The third-order valence-electron chi connectivity index (χ3n) is 0. The predicted octanol–water partition coefficient (Wildman–Crippen LogP) is 27.2. The molecule has 0 unspecified atom stereocenters. The van der Waals surface area contributed by atoms with E-state index >= 15 is 0 Å². The van der Waals surface area contributed by atoms with E-state index < -0.39 is 32.6 Å². The number of halogens is 16. The van der Waals surface area contributed by atoms with E-state index in [0.717, 1.165) is 0 Å². The van der Waals surface area contributed by atoms with Crippen molar-refractivity contribution in [2.75, 3.05) is 6.38 Å². The van der Waals surface area contributed by atoms with E-state index in [2.05, 4.69) is 11.6 Å². The normalized spacial score (nSPS) is 4.11. The van der Waals surface area contributed by atoms with Gasteiger partial charge in [-0.3, -0.25) is 8.92 Å². The van der Waals surface area contributed by atoms with Gasteiger partial charge in [-0.2, -0.15) is 0 Å². The Hall–Kier alpha value is 5.54. The zero-order valence-corrected chi connectivity index (χ0v) is 28.8. The molecule has 0 aliphatic heterocycles. The molecule has 0 fully saturated rings. The minimum absolute atomic E-state index is 0. The van der Waals surface area contributed by atoms with Gasteiger partial charge in [-0.25, -0.2) is 0 Å². The summed E-state index contributed by atoms with van der Waals surface area (Å²) in [5, 5.41) is -5.44. The van der Waals surface area contributed by atoms with E-state index in [1.54, 1.807) is 6.55 Å². The Labute approximate surface area is 465 Å². The minimum Gasteiger partial charge on any atom is -0.274 e. The van der Waals surface area contributed by atoms with Crippen LogP contribution in [0.25, 0.3) is 0 Å². The van der Waals surface area contributed by atoms with Crippen LogP contribution in [0, 0.1) is 0 Å². The van der Waals surface area contributed by atoms with Crippen LogP contribution in [0.2, 0.25) is 6.55 Å². The monoisotopic (exact) mass is 1280 g/mol. The molecular weight excluding hydrogens is 1150 g/mol. The fourth-order valence-corrected chi connectivity index (χ4v) is 0. The van der Waals surface area contributed by atoms with E-state index in [1.165, 1.54) is 6.38 Å². The number of rotatable bonds is 0. The van der Waals surface area contributed by atoms with Crippen LogP contribution in [-0.4, -0.2) is 50.0 Å². The van der Waals surface area contributed by atoms with E-state index in [1.807, 2.05) is 0 Å². The summed E-state index contributed by atoms with van der Waals surface area (Å²) < 4.78 is 16.8. The SMILES string of the molecule is C.C.C.C.C.C.C.C.C.C.C.C.C.C.C.C.C.C.C.C.C.C.C.C.C.C.C.C.C.C.CCl.C[Si](Cl)(Cl)Cl.Cl.Cl[SiH](Cl)Cl.Cl[Si](Cl)(Cl)Cl.Cl[Si](Cl)(Cl)Cl.O=[Si]=O.[HH].[HH].[SiH4]. The van der Waals surface area contributed by atoms with Gasteiger partial charge >= 0.3 is 32.6 Å². The van der Waals surface area contributed by atoms with Gasteiger partial charge in [0.25, 0.3) is 0 Å². The fourth-order valence-electron chi connectivity index (χ4n) is 0. The van der Waals surface area contributed by atoms with Gasteiger partial charge in [0.05, 0.1) is 0 Å². The maximum absolute atomic E-state index is 8.40. The number of hydrogen-bond acceptors (Lipinski definition) is 2. The zero-order chi connectivity index (χ0) is 21.8. The molecule has 0 heterocycles. The first-order valence-corrected chi connectivity index (χ1v) is 28.5. The predicted molar refractivity (Wildman–Crippen MR) is 356 cm³/mol. The average molecular weight is 1290 g/mol. The second-order valence-electron chi connectivity index (χ2n) is 1.97. The van der Waals surface area contributed by atoms with Gasteiger partial charge in [0.15, 0.2) is 0 Å². The summed E-state index contributed by atoms with van der Waals surface area (Å²) >= 11 is 74.8. The molecule has 2 nitrogen and oxygen atoms in total. The lowest BCUT2D eigenvalue weighted by molar-refractivity contribution is 0.497. The van der Waals surface area contributed by atoms with Crippen LogP contribution >= 0.6 is 179 Å². The summed E-state index contributed by atoms with van der Waals surface area (Å²) in [5.41, 5.74) is 0. The summed E-state index contributed by atoms with van der Waals surface area (Å²) in [4.78, 5) is 0. The van der Waals surface area contributed by atoms with Gasteiger partial charge in [-0.1, -0.05) is 223 Å². The third-order valence-corrected chi connectivity index (χ3v) is 0. The molecule has 0 aromatic heterocycles. The van der Waals surface area contributed by atoms with Crippen LogP contribution in [0.4, 0.5) is 0 Å². The van der Waals surface area contributed by atoms with Crippen molar-refractivity contribution in [3.63, 3.8) is 0 Å². The second-order valence-corrected chi connectivity index (χ2v) is 41.0. The zero-order valence-electron chi connectivity index (χ0n) is 11.5. The lowest BCUT2D eigenvalue weighted by Gasteiger charge is -1.89. The molecule has 0 aromatic rings. The molecule has 0 aliphatic carbocycles. The summed E-state index contributed by atoms with van der Waals surface area (Å²) in [6.45, 7) is -0.0995. The number of hydrogen-bond donors (Lipinski definition) is 0. The van der Waals surface area contributed by atoms with Crippen molar-refractivity contribution >= 4 is 223 Å². The molecule has 0 saturated carbocycles. The fraction of sp³-hybridized carbons (Fsp3) is 1.00. The molecule has 0 aliphatic rings. The Morgan fingerprint density at radius 1 is 0.339 bits per heavy atom. The first-order chi connectivity index (χ1) is 10.1. The maximum atomic E-state index is 8.40. The molecule has 412 valence electrons. The smallest absolute Gasteiger partial charge is 0.274 e. The van der Waals surface area contributed by atoms with Gasteiger partial charge in [0.2, 0.25) is 0 Å². The van der Waals surface area contributed by atoms with Gasteiger partial charge in [0, 0.05) is 9.24 Å². The molecular formula is C32H136Cl16O2Si6. The Bertz CT molecular complexity index is 263. The van der Waals surface area contributed by atoms with E-state index in [9.17, 15) is 0 Å². The molecule has 0 aromatic carbocycles. The summed E-state index contributed by atoms with van der Waals surface area (Å²) in [6.07, 6.45) is 1.47. The molecule has 24 heteroatoms. The largest absolute Gasteiger partial charge is 0.549 e. The first kappa shape index (κ1) is 407. The van der Waals surface area contributed by atoms with Crippen molar-refractivity contribution in [1.29, 1.82) is 0 Å². The Morgan fingerprint density at radius 2 is 0.339 bits per heavy atom. The molecule has 0 N–H and O–H groups in total. The topological polar surface area (TPSA) is 34.1 Å². The van der Waals surface area contributed by atoms with Crippen LogP contribution in [0.1, 0.15) is 226 Å². The van der Waals surface area contributed by atoms with Crippen LogP contribution in [0.3, 0.4) is 0 Å². The molecule has 0 rings (SSSR count). The van der Waals surface area contributed by atoms with Crippen molar-refractivity contribution in [3.05, 3.63) is 0 Å². The molecule has 0 saturated heterocycles. The number of alkyl halides is 1. The molecule has 56 heavy (non-hydrogen) atoms. The minimum atomic E-state index is -2.72. The van der Waals surface area contributed by atoms with Crippen molar-refractivity contribution in [2.24, 2.45) is 0 Å². The Kier molecular flexibility index (Phi) is 2060.